The Kier molecular flexibility index (Phi) is 8.26. The molecule has 4 aromatic carbocycles. The summed E-state index contributed by atoms with van der Waals surface area (Å²) in [5.41, 5.74) is 5.76. The van der Waals surface area contributed by atoms with Crippen LogP contribution in [0.3, 0.4) is 0 Å². The van der Waals surface area contributed by atoms with Gasteiger partial charge in [-0.05, 0) is 65.9 Å². The van der Waals surface area contributed by atoms with Crippen LogP contribution in [0.4, 0.5) is 8.78 Å². The van der Waals surface area contributed by atoms with Crippen LogP contribution in [0.25, 0.3) is 44.4 Å². The van der Waals surface area contributed by atoms with Crippen molar-refractivity contribution >= 4 is 21.8 Å². The molecule has 45 heavy (non-hydrogen) atoms. The molecule has 7 rings (SSSR count). The molecule has 0 aliphatic heterocycles. The van der Waals surface area contributed by atoms with Gasteiger partial charge in [-0.3, -0.25) is 4.68 Å². The van der Waals surface area contributed by atoms with E-state index in [0.29, 0.717) is 28.8 Å². The first kappa shape index (κ1) is 30.2. The molecule has 0 saturated heterocycles. The van der Waals surface area contributed by atoms with Gasteiger partial charge in [0.2, 0.25) is 0 Å². The largest absolute Gasteiger partial charge is 2.00 e. The van der Waals surface area contributed by atoms with Gasteiger partial charge in [-0.15, -0.1) is 35.7 Å². The standard InChI is InChI=1S/C36H26F2N4O2.Pt/c1-22-15-24(36(37)38)16-23(2)35(22)25-20-40-41(21-25)26-7-6-8-28(17-26)44-29-11-12-31-30-9-4-5-10-32(30)42(33(31)18-29)34-19-27(43-3)13-14-39-34;/h4-16,19-21,36H,1-3H3;/q-2;+2. The van der Waals surface area contributed by atoms with Crippen molar-refractivity contribution < 1.29 is 39.3 Å². The molecule has 0 bridgehead atoms. The van der Waals surface area contributed by atoms with Gasteiger partial charge in [0, 0.05) is 46.6 Å². The fourth-order valence-electron chi connectivity index (χ4n) is 5.73. The minimum absolute atomic E-state index is 0. The Bertz CT molecular complexity index is 2150. The molecule has 226 valence electrons. The van der Waals surface area contributed by atoms with E-state index in [1.165, 1.54) is 12.1 Å². The average molecular weight is 780 g/mol. The number of aromatic nitrogens is 4. The zero-order chi connectivity index (χ0) is 30.4. The van der Waals surface area contributed by atoms with Gasteiger partial charge in [0.25, 0.3) is 6.43 Å². The molecule has 3 aromatic heterocycles. The van der Waals surface area contributed by atoms with Gasteiger partial charge in [-0.25, -0.2) is 13.8 Å². The number of hydrogen-bond donors (Lipinski definition) is 0. The van der Waals surface area contributed by atoms with Crippen LogP contribution in [0.5, 0.6) is 17.2 Å². The van der Waals surface area contributed by atoms with Crippen LogP contribution in [0.15, 0.2) is 97.5 Å². The summed E-state index contributed by atoms with van der Waals surface area (Å²) >= 11 is 0. The molecule has 7 aromatic rings. The van der Waals surface area contributed by atoms with E-state index in [9.17, 15) is 8.78 Å². The van der Waals surface area contributed by atoms with Crippen LogP contribution in [0.1, 0.15) is 23.1 Å². The second kappa shape index (κ2) is 12.3. The van der Waals surface area contributed by atoms with Gasteiger partial charge in [-0.2, -0.15) is 17.2 Å². The van der Waals surface area contributed by atoms with Crippen molar-refractivity contribution in [2.24, 2.45) is 0 Å². The Labute approximate surface area is 273 Å². The third kappa shape index (κ3) is 5.62. The number of methoxy groups -OCH3 is 1. The number of fused-ring (bicyclic) bond motifs is 3. The maximum absolute atomic E-state index is 13.3. The molecular weight excluding hydrogens is 753 g/mol. The van der Waals surface area contributed by atoms with Crippen molar-refractivity contribution in [1.82, 2.24) is 19.3 Å². The van der Waals surface area contributed by atoms with Crippen LogP contribution < -0.4 is 9.47 Å². The van der Waals surface area contributed by atoms with E-state index >= 15 is 0 Å². The van der Waals surface area contributed by atoms with E-state index in [1.807, 2.05) is 79.2 Å². The molecule has 0 atom stereocenters. The van der Waals surface area contributed by atoms with Crippen LogP contribution in [0, 0.1) is 26.0 Å². The quantitative estimate of drug-likeness (QED) is 0.152. The number of rotatable bonds is 7. The smallest absolute Gasteiger partial charge is 0.509 e. The molecule has 6 nitrogen and oxygen atoms in total. The minimum atomic E-state index is -2.51. The van der Waals surface area contributed by atoms with E-state index in [4.69, 9.17) is 9.47 Å². The van der Waals surface area contributed by atoms with Crippen molar-refractivity contribution in [2.75, 3.05) is 7.11 Å². The predicted octanol–water partition coefficient (Wildman–Crippen LogP) is 8.98. The maximum Gasteiger partial charge on any atom is 2.00 e. The van der Waals surface area contributed by atoms with Crippen LogP contribution >= 0.6 is 0 Å². The summed E-state index contributed by atoms with van der Waals surface area (Å²) in [7, 11) is 1.63. The zero-order valence-corrected chi connectivity index (χ0v) is 26.8. The van der Waals surface area contributed by atoms with Gasteiger partial charge in [0.1, 0.15) is 11.6 Å². The second-order valence-corrected chi connectivity index (χ2v) is 10.5. The summed E-state index contributed by atoms with van der Waals surface area (Å²) in [6, 6.07) is 31.1. The predicted molar refractivity (Wildman–Crippen MR) is 166 cm³/mol. The Hall–Kier alpha value is -4.81. The number of pyridine rings is 1. The molecular formula is C36H26F2N4O2Pt. The topological polar surface area (TPSA) is 54.1 Å². The van der Waals surface area contributed by atoms with Crippen molar-refractivity contribution in [3.05, 3.63) is 126 Å². The zero-order valence-electron chi connectivity index (χ0n) is 24.5. The molecule has 0 N–H and O–H groups in total. The molecule has 0 unspecified atom stereocenters. The first-order valence-electron chi connectivity index (χ1n) is 14.0. The number of para-hydroxylation sites is 1. The summed E-state index contributed by atoms with van der Waals surface area (Å²) in [5.74, 6) is 2.42. The van der Waals surface area contributed by atoms with E-state index in [2.05, 4.69) is 34.3 Å². The minimum Gasteiger partial charge on any atom is -0.509 e. The Morgan fingerprint density at radius 2 is 1.62 bits per heavy atom. The Morgan fingerprint density at radius 3 is 2.40 bits per heavy atom. The second-order valence-electron chi connectivity index (χ2n) is 10.5. The fourth-order valence-corrected chi connectivity index (χ4v) is 5.73. The van der Waals surface area contributed by atoms with Crippen LogP contribution in [-0.4, -0.2) is 26.4 Å². The summed E-state index contributed by atoms with van der Waals surface area (Å²) in [6.07, 6.45) is 2.80. The molecule has 9 heteroatoms. The number of aryl methyl sites for hydroxylation is 2. The number of nitrogens with zero attached hydrogens (tertiary/aromatic N) is 4. The third-order valence-corrected chi connectivity index (χ3v) is 7.64. The Balaban J connectivity index is 0.00000357. The summed E-state index contributed by atoms with van der Waals surface area (Å²) in [5, 5.41) is 6.62. The van der Waals surface area contributed by atoms with Gasteiger partial charge >= 0.3 is 21.1 Å². The van der Waals surface area contributed by atoms with Gasteiger partial charge in [0.15, 0.2) is 0 Å². The molecule has 0 fully saturated rings. The van der Waals surface area contributed by atoms with Crippen molar-refractivity contribution in [3.63, 3.8) is 0 Å². The van der Waals surface area contributed by atoms with Crippen molar-refractivity contribution in [3.8, 4) is 39.9 Å². The van der Waals surface area contributed by atoms with Crippen molar-refractivity contribution in [1.29, 1.82) is 0 Å². The summed E-state index contributed by atoms with van der Waals surface area (Å²) in [6.45, 7) is 3.67. The molecule has 0 aliphatic rings. The van der Waals surface area contributed by atoms with Crippen molar-refractivity contribution in [2.45, 2.75) is 20.3 Å². The van der Waals surface area contributed by atoms with Gasteiger partial charge in [0.05, 0.1) is 13.3 Å². The van der Waals surface area contributed by atoms with Crippen LogP contribution in [-0.2, 0) is 21.1 Å². The van der Waals surface area contributed by atoms with E-state index < -0.39 is 6.43 Å². The number of ether oxygens (including phenoxy) is 2. The number of benzene rings is 4. The average Bonchev–Trinajstić information content (AvgIpc) is 3.64. The Morgan fingerprint density at radius 1 is 0.844 bits per heavy atom. The molecule has 0 aliphatic carbocycles. The number of hydrogen-bond acceptors (Lipinski definition) is 4. The van der Waals surface area contributed by atoms with Gasteiger partial charge < -0.3 is 14.0 Å². The number of alkyl halides is 2. The summed E-state index contributed by atoms with van der Waals surface area (Å²) < 4.78 is 42.0. The molecule has 0 saturated carbocycles. The molecule has 0 amide bonds. The van der Waals surface area contributed by atoms with Crippen LogP contribution in [0.2, 0.25) is 0 Å². The molecule has 0 spiro atoms. The van der Waals surface area contributed by atoms with E-state index in [-0.39, 0.29) is 26.6 Å². The first-order chi connectivity index (χ1) is 21.4. The van der Waals surface area contributed by atoms with Gasteiger partial charge in [-0.1, -0.05) is 23.7 Å². The maximum atomic E-state index is 13.3. The molecule has 3 heterocycles. The molecule has 0 radical (unpaired) electrons. The first-order valence-corrected chi connectivity index (χ1v) is 14.0. The third-order valence-electron chi connectivity index (χ3n) is 7.64. The van der Waals surface area contributed by atoms with E-state index in [1.54, 1.807) is 24.2 Å². The van der Waals surface area contributed by atoms with E-state index in [0.717, 1.165) is 44.1 Å². The SMILES string of the molecule is COc1ccnc(-n2c3[c-]c(Oc4[c-]c(-n5cc(-c6c(C)cc(C(F)F)cc6C)cn5)ccc4)ccc3c3ccccc32)c1.[Pt+2]. The normalized spacial score (nSPS) is 11.2. The number of halogens is 2. The fraction of sp³-hybridized carbons (Fsp3) is 0.111. The summed E-state index contributed by atoms with van der Waals surface area (Å²) in [4.78, 5) is 4.61. The monoisotopic (exact) mass is 779 g/mol.